The van der Waals surface area contributed by atoms with Gasteiger partial charge < -0.3 is 14.4 Å². The van der Waals surface area contributed by atoms with Crippen molar-refractivity contribution in [3.05, 3.63) is 11.1 Å². The van der Waals surface area contributed by atoms with Crippen LogP contribution >= 0.6 is 11.3 Å². The Kier molecular flexibility index (Phi) is 5.15. The fraction of sp³-hybridized carbons (Fsp3) is 0.692. The molecule has 0 saturated carbocycles. The Morgan fingerprint density at radius 1 is 1.58 bits per heavy atom. The van der Waals surface area contributed by atoms with Gasteiger partial charge in [0.1, 0.15) is 0 Å². The molecular formula is C13H20N2O3S. The van der Waals surface area contributed by atoms with E-state index in [0.29, 0.717) is 18.9 Å². The molecule has 0 unspecified atom stereocenters. The van der Waals surface area contributed by atoms with E-state index in [1.54, 1.807) is 11.3 Å². The lowest BCUT2D eigenvalue weighted by atomic mass is 10.1. The van der Waals surface area contributed by atoms with Gasteiger partial charge in [0.2, 0.25) is 0 Å². The van der Waals surface area contributed by atoms with Gasteiger partial charge in [0.05, 0.1) is 19.2 Å². The lowest BCUT2D eigenvalue weighted by molar-refractivity contribution is -0.140. The van der Waals surface area contributed by atoms with Gasteiger partial charge in [-0.25, -0.2) is 4.98 Å². The highest BCUT2D eigenvalue weighted by Crippen LogP contribution is 2.25. The number of anilines is 1. The third-order valence-electron chi connectivity index (χ3n) is 3.39. The van der Waals surface area contributed by atoms with Crippen molar-refractivity contribution in [2.24, 2.45) is 0 Å². The first-order valence-electron chi connectivity index (χ1n) is 6.52. The molecule has 0 amide bonds. The van der Waals surface area contributed by atoms with Crippen molar-refractivity contribution < 1.29 is 14.3 Å². The number of ether oxygens (including phenoxy) is 2. The summed E-state index contributed by atoms with van der Waals surface area (Å²) in [6, 6.07) is 0.508. The SMILES string of the molecule is COC(=O)CCc1csc(N(C)C2CCOCC2)n1. The fourth-order valence-corrected chi connectivity index (χ4v) is 3.03. The molecule has 6 heteroatoms. The Morgan fingerprint density at radius 2 is 2.32 bits per heavy atom. The van der Waals surface area contributed by atoms with Gasteiger partial charge in [-0.1, -0.05) is 0 Å². The number of rotatable bonds is 5. The van der Waals surface area contributed by atoms with Crippen LogP contribution in [-0.2, 0) is 20.7 Å². The molecule has 1 aromatic rings. The van der Waals surface area contributed by atoms with E-state index in [-0.39, 0.29) is 5.97 Å². The largest absolute Gasteiger partial charge is 0.469 e. The van der Waals surface area contributed by atoms with Crippen LogP contribution in [0.2, 0.25) is 0 Å². The van der Waals surface area contributed by atoms with Crippen molar-refractivity contribution in [2.75, 3.05) is 32.3 Å². The van der Waals surface area contributed by atoms with E-state index in [0.717, 1.165) is 36.9 Å². The number of hydrogen-bond donors (Lipinski definition) is 0. The Bertz CT molecular complexity index is 416. The monoisotopic (exact) mass is 284 g/mol. The molecule has 1 aliphatic heterocycles. The van der Waals surface area contributed by atoms with Crippen LogP contribution in [0.5, 0.6) is 0 Å². The lowest BCUT2D eigenvalue weighted by Crippen LogP contribution is -2.36. The predicted octanol–water partition coefficient (Wildman–Crippen LogP) is 1.86. The Labute approximate surface area is 117 Å². The normalized spacial score (nSPS) is 16.3. The molecule has 0 atom stereocenters. The van der Waals surface area contributed by atoms with Crippen LogP contribution in [0.25, 0.3) is 0 Å². The van der Waals surface area contributed by atoms with E-state index in [1.165, 1.54) is 7.11 Å². The third-order valence-corrected chi connectivity index (χ3v) is 4.37. The molecule has 2 rings (SSSR count). The minimum atomic E-state index is -0.188. The molecule has 0 aliphatic carbocycles. The zero-order valence-corrected chi connectivity index (χ0v) is 12.2. The van der Waals surface area contributed by atoms with Crippen molar-refractivity contribution in [1.29, 1.82) is 0 Å². The van der Waals surface area contributed by atoms with E-state index in [1.807, 2.05) is 5.38 Å². The fourth-order valence-electron chi connectivity index (χ4n) is 2.13. The highest BCUT2D eigenvalue weighted by Gasteiger charge is 2.20. The van der Waals surface area contributed by atoms with Crippen LogP contribution in [0, 0.1) is 0 Å². The molecule has 19 heavy (non-hydrogen) atoms. The molecule has 5 nitrogen and oxygen atoms in total. The molecule has 0 aromatic carbocycles. The maximum absolute atomic E-state index is 11.1. The van der Waals surface area contributed by atoms with Crippen LogP contribution in [0.3, 0.4) is 0 Å². The van der Waals surface area contributed by atoms with Gasteiger partial charge in [-0.3, -0.25) is 4.79 Å². The first kappa shape index (κ1) is 14.3. The summed E-state index contributed by atoms with van der Waals surface area (Å²) < 4.78 is 10.0. The summed E-state index contributed by atoms with van der Waals surface area (Å²) in [4.78, 5) is 17.9. The molecule has 0 N–H and O–H groups in total. The number of carbonyl (C=O) groups excluding carboxylic acids is 1. The number of methoxy groups -OCH3 is 1. The zero-order valence-electron chi connectivity index (χ0n) is 11.4. The van der Waals surface area contributed by atoms with Crippen LogP contribution < -0.4 is 4.90 Å². The van der Waals surface area contributed by atoms with E-state index < -0.39 is 0 Å². The highest BCUT2D eigenvalue weighted by atomic mass is 32.1. The lowest BCUT2D eigenvalue weighted by Gasteiger charge is -2.30. The summed E-state index contributed by atoms with van der Waals surface area (Å²) >= 11 is 1.63. The van der Waals surface area contributed by atoms with E-state index >= 15 is 0 Å². The average molecular weight is 284 g/mol. The number of nitrogens with zero attached hydrogens (tertiary/aromatic N) is 2. The van der Waals surface area contributed by atoms with Gasteiger partial charge in [-0.05, 0) is 12.8 Å². The predicted molar refractivity (Wildman–Crippen MR) is 74.7 cm³/mol. The number of carbonyl (C=O) groups is 1. The second-order valence-corrected chi connectivity index (χ2v) is 5.49. The quantitative estimate of drug-likeness (QED) is 0.773. The number of aromatic nitrogens is 1. The molecule has 0 bridgehead atoms. The standard InChI is InChI=1S/C13H20N2O3S/c1-15(11-5-7-18-8-6-11)13-14-10(9-19-13)3-4-12(16)17-2/h9,11H,3-8H2,1-2H3. The minimum absolute atomic E-state index is 0.188. The van der Waals surface area contributed by atoms with Crippen LogP contribution in [-0.4, -0.2) is 44.4 Å². The van der Waals surface area contributed by atoms with Gasteiger partial charge in [-0.2, -0.15) is 0 Å². The molecular weight excluding hydrogens is 264 g/mol. The van der Waals surface area contributed by atoms with Crippen molar-refractivity contribution in [2.45, 2.75) is 31.7 Å². The molecule has 0 radical (unpaired) electrons. The van der Waals surface area contributed by atoms with E-state index in [2.05, 4.69) is 21.7 Å². The van der Waals surface area contributed by atoms with Crippen LogP contribution in [0.1, 0.15) is 25.0 Å². The first-order valence-corrected chi connectivity index (χ1v) is 7.40. The summed E-state index contributed by atoms with van der Waals surface area (Å²) in [6.45, 7) is 1.66. The molecule has 106 valence electrons. The van der Waals surface area contributed by atoms with Gasteiger partial charge >= 0.3 is 5.97 Å². The van der Waals surface area contributed by atoms with Crippen LogP contribution in [0.15, 0.2) is 5.38 Å². The zero-order chi connectivity index (χ0) is 13.7. The third kappa shape index (κ3) is 3.91. The minimum Gasteiger partial charge on any atom is -0.469 e. The first-order chi connectivity index (χ1) is 9.20. The van der Waals surface area contributed by atoms with Gasteiger partial charge in [-0.15, -0.1) is 11.3 Å². The van der Waals surface area contributed by atoms with Gasteiger partial charge in [0.25, 0.3) is 0 Å². The smallest absolute Gasteiger partial charge is 0.305 e. The summed E-state index contributed by atoms with van der Waals surface area (Å²) in [7, 11) is 3.49. The molecule has 1 aliphatic rings. The Morgan fingerprint density at radius 3 is 3.00 bits per heavy atom. The number of aryl methyl sites for hydroxylation is 1. The summed E-state index contributed by atoms with van der Waals surface area (Å²) in [6.07, 6.45) is 3.13. The molecule has 2 heterocycles. The molecule has 1 saturated heterocycles. The van der Waals surface area contributed by atoms with E-state index in [9.17, 15) is 4.79 Å². The summed E-state index contributed by atoms with van der Waals surface area (Å²) in [5.41, 5.74) is 0.962. The molecule has 0 spiro atoms. The van der Waals surface area contributed by atoms with Gasteiger partial charge in [0, 0.05) is 38.1 Å². The number of hydrogen-bond acceptors (Lipinski definition) is 6. The van der Waals surface area contributed by atoms with Crippen molar-refractivity contribution >= 4 is 22.4 Å². The topological polar surface area (TPSA) is 51.7 Å². The number of esters is 1. The Balaban J connectivity index is 1.90. The van der Waals surface area contributed by atoms with Crippen molar-refractivity contribution in [1.82, 2.24) is 4.98 Å². The number of thiazole rings is 1. The van der Waals surface area contributed by atoms with Crippen molar-refractivity contribution in [3.8, 4) is 0 Å². The maximum atomic E-state index is 11.1. The summed E-state index contributed by atoms with van der Waals surface area (Å²) in [5.74, 6) is -0.188. The molecule has 1 fully saturated rings. The van der Waals surface area contributed by atoms with Crippen molar-refractivity contribution in [3.63, 3.8) is 0 Å². The van der Waals surface area contributed by atoms with Crippen LogP contribution in [0.4, 0.5) is 5.13 Å². The van der Waals surface area contributed by atoms with E-state index in [4.69, 9.17) is 4.74 Å². The second-order valence-electron chi connectivity index (χ2n) is 4.65. The average Bonchev–Trinajstić information content (AvgIpc) is 2.93. The Hall–Kier alpha value is -1.14. The highest BCUT2D eigenvalue weighted by molar-refractivity contribution is 7.13. The summed E-state index contributed by atoms with van der Waals surface area (Å²) in [5, 5.41) is 3.04. The maximum Gasteiger partial charge on any atom is 0.305 e. The second kappa shape index (κ2) is 6.86. The molecule has 1 aromatic heterocycles. The van der Waals surface area contributed by atoms with Gasteiger partial charge in [0.15, 0.2) is 5.13 Å².